The summed E-state index contributed by atoms with van der Waals surface area (Å²) in [6.07, 6.45) is 10.7. The van der Waals surface area contributed by atoms with Crippen LogP contribution in [0, 0.1) is 34.5 Å². The van der Waals surface area contributed by atoms with Crippen molar-refractivity contribution >= 4 is 11.9 Å². The van der Waals surface area contributed by atoms with Crippen molar-refractivity contribution in [3.63, 3.8) is 0 Å². The van der Waals surface area contributed by atoms with Gasteiger partial charge in [-0.1, -0.05) is 19.9 Å². The normalized spacial score (nSPS) is 48.6. The molecule has 4 aliphatic rings. The van der Waals surface area contributed by atoms with Crippen LogP contribution in [0.15, 0.2) is 12.2 Å². The Bertz CT molecular complexity index is 629. The molecule has 1 heterocycles. The highest BCUT2D eigenvalue weighted by Crippen LogP contribution is 2.65. The minimum atomic E-state index is -0.00811. The number of esters is 1. The maximum absolute atomic E-state index is 12.3. The minimum absolute atomic E-state index is 0.00811. The first-order valence-electron chi connectivity index (χ1n) is 9.87. The highest BCUT2D eigenvalue weighted by Gasteiger charge is 2.61. The maximum Gasteiger partial charge on any atom is 0.309 e. The Morgan fingerprint density at radius 3 is 2.64 bits per heavy atom. The quantitative estimate of drug-likeness (QED) is 0.684. The number of ether oxygens (including phenoxy) is 1. The van der Waals surface area contributed by atoms with Gasteiger partial charge < -0.3 is 9.64 Å². The number of rotatable bonds is 1. The molecule has 1 amide bonds. The first-order chi connectivity index (χ1) is 11.8. The first kappa shape index (κ1) is 17.1. The Morgan fingerprint density at radius 2 is 1.92 bits per heavy atom. The number of hydrogen-bond donors (Lipinski definition) is 0. The molecule has 0 radical (unpaired) electrons. The van der Waals surface area contributed by atoms with Gasteiger partial charge in [0.15, 0.2) is 0 Å². The summed E-state index contributed by atoms with van der Waals surface area (Å²) < 4.78 is 5.12. The summed E-state index contributed by atoms with van der Waals surface area (Å²) in [5.41, 5.74) is 0.174. The van der Waals surface area contributed by atoms with E-state index in [2.05, 4.69) is 19.9 Å². The molecule has 7 atom stereocenters. The molecular formula is C21H31NO3. The number of hydrogen-bond acceptors (Lipinski definition) is 3. The van der Waals surface area contributed by atoms with E-state index in [4.69, 9.17) is 4.74 Å². The fraction of sp³-hybridized carbons (Fsp3) is 0.810. The average molecular weight is 345 g/mol. The van der Waals surface area contributed by atoms with Crippen molar-refractivity contribution < 1.29 is 14.3 Å². The van der Waals surface area contributed by atoms with E-state index in [1.807, 2.05) is 11.9 Å². The lowest BCUT2D eigenvalue weighted by atomic mass is 9.47. The third-order valence-electron chi connectivity index (χ3n) is 8.61. The van der Waals surface area contributed by atoms with Crippen molar-refractivity contribution in [2.24, 2.45) is 34.5 Å². The number of nitrogens with zero attached hydrogens (tertiary/aromatic N) is 1. The number of carbonyl (C=O) groups excluding carboxylic acids is 2. The Hall–Kier alpha value is -1.32. The van der Waals surface area contributed by atoms with Crippen LogP contribution in [0.3, 0.4) is 0 Å². The van der Waals surface area contributed by atoms with Crippen LogP contribution in [0.1, 0.15) is 52.4 Å². The summed E-state index contributed by atoms with van der Waals surface area (Å²) >= 11 is 0. The Balaban J connectivity index is 1.65. The lowest BCUT2D eigenvalue weighted by molar-refractivity contribution is -0.155. The van der Waals surface area contributed by atoms with Gasteiger partial charge in [0.1, 0.15) is 0 Å². The van der Waals surface area contributed by atoms with Gasteiger partial charge in [-0.3, -0.25) is 9.59 Å². The topological polar surface area (TPSA) is 46.6 Å². The van der Waals surface area contributed by atoms with Crippen molar-refractivity contribution in [1.29, 1.82) is 0 Å². The van der Waals surface area contributed by atoms with Crippen molar-refractivity contribution in [2.75, 3.05) is 14.2 Å². The molecule has 4 heteroatoms. The zero-order valence-corrected chi connectivity index (χ0v) is 16.0. The van der Waals surface area contributed by atoms with E-state index in [9.17, 15) is 9.59 Å². The summed E-state index contributed by atoms with van der Waals surface area (Å²) in [6.45, 7) is 4.70. The fourth-order valence-electron chi connectivity index (χ4n) is 7.27. The second-order valence-electron chi connectivity index (χ2n) is 9.32. The Labute approximate surface area is 151 Å². The second-order valence-corrected chi connectivity index (χ2v) is 9.32. The molecule has 0 aromatic heterocycles. The maximum atomic E-state index is 12.3. The summed E-state index contributed by atoms with van der Waals surface area (Å²) in [5, 5.41) is 0. The Morgan fingerprint density at radius 1 is 1.16 bits per heavy atom. The molecule has 0 spiro atoms. The SMILES string of the molecule is COC(=O)[C@H]1CC[C@H]2C3CCC4N(C)C(=O)C=C[C@]4(C)C3CC[C@]12C. The van der Waals surface area contributed by atoms with Crippen molar-refractivity contribution in [2.45, 2.75) is 58.4 Å². The number of methoxy groups -OCH3 is 1. The average Bonchev–Trinajstić information content (AvgIpc) is 2.95. The number of amides is 1. The molecule has 1 aliphatic heterocycles. The standard InChI is InChI=1S/C21H31NO3/c1-20-11-9-15-13(14(20)6-7-16(20)19(24)25-4)5-8-17-21(15,2)12-10-18(23)22(17)3/h10,12-17H,5-9,11H2,1-4H3/t13?,14-,15?,16+,17?,20-,21+/m0/s1. The summed E-state index contributed by atoms with van der Waals surface area (Å²) in [4.78, 5) is 26.4. The molecular weight excluding hydrogens is 314 g/mol. The van der Waals surface area contributed by atoms with Crippen molar-refractivity contribution in [3.8, 4) is 0 Å². The molecule has 25 heavy (non-hydrogen) atoms. The molecule has 3 aliphatic carbocycles. The second kappa shape index (κ2) is 5.59. The molecule has 0 aromatic rings. The van der Waals surface area contributed by atoms with E-state index in [1.165, 1.54) is 13.5 Å². The van der Waals surface area contributed by atoms with Crippen LogP contribution >= 0.6 is 0 Å². The lowest BCUT2D eigenvalue weighted by Gasteiger charge is -2.60. The zero-order valence-electron chi connectivity index (χ0n) is 16.0. The van der Waals surface area contributed by atoms with E-state index in [-0.39, 0.29) is 28.6 Å². The molecule has 4 rings (SSSR count). The van der Waals surface area contributed by atoms with Crippen LogP contribution in [0.2, 0.25) is 0 Å². The molecule has 3 saturated carbocycles. The van der Waals surface area contributed by atoms with E-state index in [1.54, 1.807) is 6.08 Å². The predicted molar refractivity (Wildman–Crippen MR) is 95.6 cm³/mol. The van der Waals surface area contributed by atoms with Crippen LogP contribution in [-0.2, 0) is 14.3 Å². The molecule has 0 aromatic carbocycles. The van der Waals surface area contributed by atoms with Gasteiger partial charge in [-0.25, -0.2) is 0 Å². The molecule has 3 unspecified atom stereocenters. The van der Waals surface area contributed by atoms with Gasteiger partial charge in [-0.05, 0) is 67.8 Å². The van der Waals surface area contributed by atoms with Gasteiger partial charge in [0.2, 0.25) is 5.91 Å². The third-order valence-corrected chi connectivity index (χ3v) is 8.61. The van der Waals surface area contributed by atoms with Gasteiger partial charge >= 0.3 is 5.97 Å². The zero-order chi connectivity index (χ0) is 18.0. The van der Waals surface area contributed by atoms with Gasteiger partial charge in [-0.2, -0.15) is 0 Å². The first-order valence-corrected chi connectivity index (χ1v) is 9.87. The van der Waals surface area contributed by atoms with Crippen molar-refractivity contribution in [1.82, 2.24) is 4.90 Å². The van der Waals surface area contributed by atoms with Gasteiger partial charge in [0, 0.05) is 18.5 Å². The molecule has 0 bridgehead atoms. The minimum Gasteiger partial charge on any atom is -0.469 e. The van der Waals surface area contributed by atoms with Crippen LogP contribution < -0.4 is 0 Å². The van der Waals surface area contributed by atoms with Gasteiger partial charge in [-0.15, -0.1) is 0 Å². The van der Waals surface area contributed by atoms with Crippen molar-refractivity contribution in [3.05, 3.63) is 12.2 Å². The van der Waals surface area contributed by atoms with E-state index < -0.39 is 0 Å². The number of fused-ring (bicyclic) bond motifs is 5. The number of carbonyl (C=O) groups is 2. The van der Waals surface area contributed by atoms with Crippen LogP contribution in [0.4, 0.5) is 0 Å². The summed E-state index contributed by atoms with van der Waals surface area (Å²) in [5.74, 6) is 2.11. The fourth-order valence-corrected chi connectivity index (χ4v) is 7.27. The van der Waals surface area contributed by atoms with E-state index in [0.29, 0.717) is 23.8 Å². The molecule has 0 saturated heterocycles. The highest BCUT2D eigenvalue weighted by molar-refractivity contribution is 5.89. The molecule has 4 nitrogen and oxygen atoms in total. The van der Waals surface area contributed by atoms with E-state index in [0.717, 1.165) is 32.1 Å². The molecule has 138 valence electrons. The summed E-state index contributed by atoms with van der Waals surface area (Å²) in [7, 11) is 3.49. The van der Waals surface area contributed by atoms with Gasteiger partial charge in [0.25, 0.3) is 0 Å². The van der Waals surface area contributed by atoms with E-state index >= 15 is 0 Å². The van der Waals surface area contributed by atoms with Crippen LogP contribution in [0.25, 0.3) is 0 Å². The monoisotopic (exact) mass is 345 g/mol. The lowest BCUT2D eigenvalue weighted by Crippen LogP contribution is -2.59. The highest BCUT2D eigenvalue weighted by atomic mass is 16.5. The van der Waals surface area contributed by atoms with Gasteiger partial charge in [0.05, 0.1) is 13.0 Å². The van der Waals surface area contributed by atoms with Crippen LogP contribution in [-0.4, -0.2) is 37.0 Å². The molecule has 0 N–H and O–H groups in total. The Kier molecular flexibility index (Phi) is 3.82. The third kappa shape index (κ3) is 2.18. The largest absolute Gasteiger partial charge is 0.469 e. The predicted octanol–water partition coefficient (Wildman–Crippen LogP) is 3.42. The number of likely N-dealkylation sites (N-methyl/N-ethyl adjacent to an activating group) is 1. The smallest absolute Gasteiger partial charge is 0.309 e. The van der Waals surface area contributed by atoms with Crippen LogP contribution in [0.5, 0.6) is 0 Å². The summed E-state index contributed by atoms with van der Waals surface area (Å²) in [6, 6.07) is 0.327. The molecule has 3 fully saturated rings.